The summed E-state index contributed by atoms with van der Waals surface area (Å²) < 4.78 is 28.0. The summed E-state index contributed by atoms with van der Waals surface area (Å²) in [7, 11) is -3.76. The Bertz CT molecular complexity index is 453. The van der Waals surface area contributed by atoms with Crippen molar-refractivity contribution in [2.75, 3.05) is 13.1 Å². The number of hydrogen-bond donors (Lipinski definition) is 3. The van der Waals surface area contributed by atoms with Gasteiger partial charge in [-0.1, -0.05) is 0 Å². The third-order valence-corrected chi connectivity index (χ3v) is 5.70. The number of nitrogens with one attached hydrogen (secondary N) is 1. The molecule has 3 atom stereocenters. The number of aliphatic hydroxyl groups excluding tert-OH is 1. The van der Waals surface area contributed by atoms with Crippen LogP contribution in [-0.4, -0.2) is 54.1 Å². The molecule has 1 saturated carbocycles. The van der Waals surface area contributed by atoms with Crippen molar-refractivity contribution in [2.45, 2.75) is 50.7 Å². The lowest BCUT2D eigenvalue weighted by atomic mass is 10.1. The molecule has 3 unspecified atom stereocenters. The Kier molecular flexibility index (Phi) is 5.00. The number of nitrogens with zero attached hydrogens (tertiary/aromatic N) is 1. The van der Waals surface area contributed by atoms with E-state index in [1.165, 1.54) is 0 Å². The summed E-state index contributed by atoms with van der Waals surface area (Å²) in [5.74, 6) is -0.959. The van der Waals surface area contributed by atoms with Crippen LogP contribution >= 0.6 is 0 Å². The zero-order chi connectivity index (χ0) is 14.8. The van der Waals surface area contributed by atoms with Crippen molar-refractivity contribution < 1.29 is 23.4 Å². The Hall–Kier alpha value is -0.700. The average molecular weight is 306 g/mol. The van der Waals surface area contributed by atoms with E-state index in [1.54, 1.807) is 0 Å². The fourth-order valence-electron chi connectivity index (χ4n) is 2.98. The van der Waals surface area contributed by atoms with E-state index in [4.69, 9.17) is 5.11 Å². The number of carboxylic acid groups (broad SMARTS) is 1. The number of carboxylic acids is 1. The number of aliphatic carboxylic acids is 1. The number of hydrogen-bond acceptors (Lipinski definition) is 4. The predicted molar refractivity (Wildman–Crippen MR) is 72.3 cm³/mol. The van der Waals surface area contributed by atoms with Crippen LogP contribution in [0.3, 0.4) is 0 Å². The van der Waals surface area contributed by atoms with Gasteiger partial charge in [-0.2, -0.15) is 12.7 Å². The van der Waals surface area contributed by atoms with E-state index < -0.39 is 22.2 Å². The van der Waals surface area contributed by atoms with Crippen LogP contribution in [0.15, 0.2) is 0 Å². The van der Waals surface area contributed by atoms with Gasteiger partial charge in [0.25, 0.3) is 10.2 Å². The summed E-state index contributed by atoms with van der Waals surface area (Å²) in [5.41, 5.74) is 0. The van der Waals surface area contributed by atoms with Crippen LogP contribution in [0.1, 0.15) is 38.5 Å². The topological polar surface area (TPSA) is 107 Å². The highest BCUT2D eigenvalue weighted by molar-refractivity contribution is 7.87. The lowest BCUT2D eigenvalue weighted by Crippen LogP contribution is -2.52. The van der Waals surface area contributed by atoms with Crippen molar-refractivity contribution in [1.29, 1.82) is 0 Å². The Morgan fingerprint density at radius 1 is 1.25 bits per heavy atom. The van der Waals surface area contributed by atoms with Gasteiger partial charge in [0.15, 0.2) is 0 Å². The molecule has 0 radical (unpaired) electrons. The molecule has 2 fully saturated rings. The molecule has 116 valence electrons. The molecule has 0 aromatic carbocycles. The molecule has 1 aliphatic heterocycles. The van der Waals surface area contributed by atoms with E-state index in [1.807, 2.05) is 0 Å². The second-order valence-electron chi connectivity index (χ2n) is 5.65. The zero-order valence-corrected chi connectivity index (χ0v) is 12.2. The van der Waals surface area contributed by atoms with Crippen LogP contribution in [0.2, 0.25) is 0 Å². The first-order valence-corrected chi connectivity index (χ1v) is 8.51. The molecule has 0 amide bonds. The van der Waals surface area contributed by atoms with Gasteiger partial charge in [0.1, 0.15) is 6.04 Å². The fraction of sp³-hybridized carbons (Fsp3) is 0.917. The van der Waals surface area contributed by atoms with Crippen LogP contribution in [0.4, 0.5) is 0 Å². The first-order valence-electron chi connectivity index (χ1n) is 7.07. The molecule has 1 aliphatic carbocycles. The zero-order valence-electron chi connectivity index (χ0n) is 11.4. The molecule has 1 heterocycles. The van der Waals surface area contributed by atoms with Gasteiger partial charge in [0.05, 0.1) is 6.10 Å². The third-order valence-electron chi connectivity index (χ3n) is 4.12. The van der Waals surface area contributed by atoms with Crippen molar-refractivity contribution in [3.63, 3.8) is 0 Å². The normalized spacial score (nSPS) is 32.4. The summed E-state index contributed by atoms with van der Waals surface area (Å²) in [6.45, 7) is 0.516. The van der Waals surface area contributed by atoms with E-state index in [0.717, 1.165) is 17.1 Å². The van der Waals surface area contributed by atoms with Gasteiger partial charge in [-0.25, -0.2) is 4.72 Å². The van der Waals surface area contributed by atoms with Gasteiger partial charge >= 0.3 is 5.97 Å². The molecule has 7 nitrogen and oxygen atoms in total. The first-order chi connectivity index (χ1) is 9.40. The van der Waals surface area contributed by atoms with E-state index in [0.29, 0.717) is 25.7 Å². The summed E-state index contributed by atoms with van der Waals surface area (Å²) in [4.78, 5) is 11.1. The Morgan fingerprint density at radius 3 is 2.60 bits per heavy atom. The molecular formula is C12H22N2O5S. The molecule has 1 saturated heterocycles. The minimum absolute atomic E-state index is 0.132. The van der Waals surface area contributed by atoms with Crippen LogP contribution in [0, 0.1) is 5.92 Å². The van der Waals surface area contributed by atoms with Crippen molar-refractivity contribution in [3.8, 4) is 0 Å². The Morgan fingerprint density at radius 2 is 2.00 bits per heavy atom. The monoisotopic (exact) mass is 306 g/mol. The van der Waals surface area contributed by atoms with Crippen LogP contribution in [0.5, 0.6) is 0 Å². The maximum absolute atomic E-state index is 12.2. The summed E-state index contributed by atoms with van der Waals surface area (Å²) in [6.07, 6.45) is 3.54. The number of piperidine rings is 1. The number of carbonyl (C=O) groups is 1. The lowest BCUT2D eigenvalue weighted by molar-refractivity contribution is -0.142. The van der Waals surface area contributed by atoms with Crippen molar-refractivity contribution in [3.05, 3.63) is 0 Å². The second kappa shape index (κ2) is 6.38. The fourth-order valence-corrected chi connectivity index (χ4v) is 4.49. The first kappa shape index (κ1) is 15.7. The summed E-state index contributed by atoms with van der Waals surface area (Å²) in [5, 5.41) is 18.5. The molecule has 20 heavy (non-hydrogen) atoms. The molecule has 0 bridgehead atoms. The molecule has 0 aromatic heterocycles. The summed E-state index contributed by atoms with van der Waals surface area (Å²) >= 11 is 0. The molecule has 8 heteroatoms. The van der Waals surface area contributed by atoms with Crippen molar-refractivity contribution in [1.82, 2.24) is 9.03 Å². The van der Waals surface area contributed by atoms with Gasteiger partial charge in [0.2, 0.25) is 0 Å². The van der Waals surface area contributed by atoms with E-state index in [2.05, 4.69) is 4.72 Å². The highest BCUT2D eigenvalue weighted by Gasteiger charge is 2.37. The standard InChI is InChI=1S/C12H22N2O5S/c15-10-5-4-9(7-10)8-13-20(18,19)14-6-2-1-3-11(14)12(16)17/h9-11,13,15H,1-8H2,(H,16,17). The molecule has 2 rings (SSSR count). The van der Waals surface area contributed by atoms with Crippen LogP contribution in [0.25, 0.3) is 0 Å². The van der Waals surface area contributed by atoms with Gasteiger partial charge in [-0.3, -0.25) is 4.79 Å². The maximum atomic E-state index is 12.2. The Balaban J connectivity index is 1.95. The molecular weight excluding hydrogens is 284 g/mol. The van der Waals surface area contributed by atoms with Crippen LogP contribution < -0.4 is 4.72 Å². The van der Waals surface area contributed by atoms with Gasteiger partial charge in [-0.15, -0.1) is 0 Å². The van der Waals surface area contributed by atoms with Gasteiger partial charge in [0, 0.05) is 13.1 Å². The largest absolute Gasteiger partial charge is 0.480 e. The van der Waals surface area contributed by atoms with Crippen molar-refractivity contribution in [2.24, 2.45) is 5.92 Å². The third kappa shape index (κ3) is 3.69. The SMILES string of the molecule is O=C(O)C1CCCCN1S(=O)(=O)NCC1CCC(O)C1. The smallest absolute Gasteiger partial charge is 0.322 e. The molecule has 2 aliphatic rings. The molecule has 0 aromatic rings. The highest BCUT2D eigenvalue weighted by atomic mass is 32.2. The van der Waals surface area contributed by atoms with Crippen molar-refractivity contribution >= 4 is 16.2 Å². The maximum Gasteiger partial charge on any atom is 0.322 e. The number of aliphatic hydroxyl groups is 1. The van der Waals surface area contributed by atoms with Gasteiger partial charge in [-0.05, 0) is 44.4 Å². The Labute approximate surface area is 119 Å². The van der Waals surface area contributed by atoms with E-state index >= 15 is 0 Å². The minimum atomic E-state index is -3.76. The predicted octanol–water partition coefficient (Wildman–Crippen LogP) is -0.0791. The molecule has 3 N–H and O–H groups in total. The summed E-state index contributed by atoms with van der Waals surface area (Å²) in [6, 6.07) is -0.963. The quantitative estimate of drug-likeness (QED) is 0.658. The van der Waals surface area contributed by atoms with Gasteiger partial charge < -0.3 is 10.2 Å². The van der Waals surface area contributed by atoms with E-state index in [-0.39, 0.29) is 25.1 Å². The van der Waals surface area contributed by atoms with E-state index in [9.17, 15) is 18.3 Å². The number of rotatable bonds is 5. The van der Waals surface area contributed by atoms with Crippen LogP contribution in [-0.2, 0) is 15.0 Å². The average Bonchev–Trinajstić information content (AvgIpc) is 2.82. The highest BCUT2D eigenvalue weighted by Crippen LogP contribution is 2.25. The molecule has 0 spiro atoms. The minimum Gasteiger partial charge on any atom is -0.480 e. The lowest BCUT2D eigenvalue weighted by Gasteiger charge is -2.32. The second-order valence-corrected chi connectivity index (χ2v) is 7.35.